The first kappa shape index (κ1) is 10.9. The fourth-order valence-corrected chi connectivity index (χ4v) is 1.19. The van der Waals surface area contributed by atoms with Gasteiger partial charge in [-0.3, -0.25) is 0 Å². The quantitative estimate of drug-likeness (QED) is 0.569. The molecule has 0 fully saturated rings. The molecule has 0 aromatic carbocycles. The molecule has 0 atom stereocenters. The van der Waals surface area contributed by atoms with Crippen LogP contribution in [0.5, 0.6) is 5.75 Å². The summed E-state index contributed by atoms with van der Waals surface area (Å²) in [5.74, 6) is 1.15. The maximum Gasteiger partial charge on any atom is 0.134 e. The minimum absolute atomic E-state index is 0.384. The van der Waals surface area contributed by atoms with Crippen molar-refractivity contribution in [3.05, 3.63) is 29.6 Å². The maximum absolute atomic E-state index is 5.72. The van der Waals surface area contributed by atoms with E-state index in [4.69, 9.17) is 21.1 Å². The van der Waals surface area contributed by atoms with Gasteiger partial charge in [-0.2, -0.15) is 0 Å². The zero-order valence-corrected chi connectivity index (χ0v) is 8.97. The molecule has 0 spiro atoms. The highest BCUT2D eigenvalue weighted by Gasteiger charge is 2.08. The van der Waals surface area contributed by atoms with Crippen molar-refractivity contribution in [1.82, 2.24) is 4.98 Å². The van der Waals surface area contributed by atoms with Gasteiger partial charge in [-0.15, -0.1) is 0 Å². The molecule has 0 unspecified atom stereocenters. The molecule has 4 heteroatoms. The lowest BCUT2D eigenvalue weighted by atomic mass is 10.2. The normalized spacial score (nSPS) is 9.64. The van der Waals surface area contributed by atoms with Crippen molar-refractivity contribution in [2.24, 2.45) is 0 Å². The highest BCUT2D eigenvalue weighted by molar-refractivity contribution is 6.29. The number of pyridine rings is 1. The Morgan fingerprint density at radius 1 is 1.64 bits per heavy atom. The third-order valence-corrected chi connectivity index (χ3v) is 1.88. The summed E-state index contributed by atoms with van der Waals surface area (Å²) >= 11 is 5.72. The SMILES string of the molecule is C=C(OCC)c1cnc(Cl)cc1OC. The molecule has 1 aromatic rings. The molecule has 3 nitrogen and oxygen atoms in total. The second-order valence-corrected chi connectivity index (χ2v) is 2.95. The summed E-state index contributed by atoms with van der Waals surface area (Å²) in [6, 6.07) is 1.63. The number of hydrogen-bond acceptors (Lipinski definition) is 3. The van der Waals surface area contributed by atoms with Crippen molar-refractivity contribution < 1.29 is 9.47 Å². The van der Waals surface area contributed by atoms with Crippen LogP contribution in [0, 0.1) is 0 Å². The lowest BCUT2D eigenvalue weighted by Gasteiger charge is -2.10. The third kappa shape index (κ3) is 2.39. The van der Waals surface area contributed by atoms with Gasteiger partial charge in [0.15, 0.2) is 0 Å². The van der Waals surface area contributed by atoms with Gasteiger partial charge in [0.1, 0.15) is 16.7 Å². The van der Waals surface area contributed by atoms with Gasteiger partial charge in [0.05, 0.1) is 19.3 Å². The molecule has 0 aliphatic carbocycles. The van der Waals surface area contributed by atoms with E-state index in [0.717, 1.165) is 5.56 Å². The summed E-state index contributed by atoms with van der Waals surface area (Å²) in [6.45, 7) is 6.22. The Morgan fingerprint density at radius 3 is 2.93 bits per heavy atom. The Bertz CT molecular complexity index is 339. The van der Waals surface area contributed by atoms with E-state index in [2.05, 4.69) is 11.6 Å². The molecule has 14 heavy (non-hydrogen) atoms. The molecule has 1 aromatic heterocycles. The predicted octanol–water partition coefficient (Wildman–Crippen LogP) is 2.75. The van der Waals surface area contributed by atoms with Crippen molar-refractivity contribution in [3.63, 3.8) is 0 Å². The molecule has 76 valence electrons. The predicted molar refractivity (Wildman–Crippen MR) is 56.5 cm³/mol. The van der Waals surface area contributed by atoms with Crippen molar-refractivity contribution in [3.8, 4) is 5.75 Å². The molecule has 0 saturated carbocycles. The van der Waals surface area contributed by atoms with E-state index in [9.17, 15) is 0 Å². The average molecular weight is 214 g/mol. The zero-order valence-electron chi connectivity index (χ0n) is 8.21. The number of methoxy groups -OCH3 is 1. The van der Waals surface area contributed by atoms with Gasteiger partial charge < -0.3 is 9.47 Å². The molecule has 1 heterocycles. The molecule has 0 saturated heterocycles. The van der Waals surface area contributed by atoms with Crippen LogP contribution in [0.4, 0.5) is 0 Å². The first-order valence-corrected chi connectivity index (χ1v) is 4.58. The first-order chi connectivity index (χ1) is 6.69. The van der Waals surface area contributed by atoms with Gasteiger partial charge >= 0.3 is 0 Å². The average Bonchev–Trinajstić information content (AvgIpc) is 2.17. The lowest BCUT2D eigenvalue weighted by molar-refractivity contribution is 0.296. The van der Waals surface area contributed by atoms with Crippen molar-refractivity contribution in [2.45, 2.75) is 6.92 Å². The Hall–Kier alpha value is -1.22. The Balaban J connectivity index is 3.01. The molecule has 0 bridgehead atoms. The summed E-state index contributed by atoms with van der Waals surface area (Å²) in [7, 11) is 1.56. The van der Waals surface area contributed by atoms with Crippen LogP contribution in [0.3, 0.4) is 0 Å². The second kappa shape index (κ2) is 4.86. The van der Waals surface area contributed by atoms with Gasteiger partial charge in [-0.1, -0.05) is 18.2 Å². The van der Waals surface area contributed by atoms with Crippen LogP contribution in [-0.4, -0.2) is 18.7 Å². The van der Waals surface area contributed by atoms with E-state index in [1.807, 2.05) is 6.92 Å². The van der Waals surface area contributed by atoms with Crippen molar-refractivity contribution in [1.29, 1.82) is 0 Å². The molecule has 0 radical (unpaired) electrons. The number of nitrogens with zero attached hydrogens (tertiary/aromatic N) is 1. The smallest absolute Gasteiger partial charge is 0.134 e. The van der Waals surface area contributed by atoms with Crippen LogP contribution in [0.25, 0.3) is 5.76 Å². The van der Waals surface area contributed by atoms with Crippen LogP contribution in [-0.2, 0) is 4.74 Å². The van der Waals surface area contributed by atoms with Gasteiger partial charge in [-0.25, -0.2) is 4.98 Å². The van der Waals surface area contributed by atoms with Crippen LogP contribution in [0.2, 0.25) is 5.15 Å². The highest BCUT2D eigenvalue weighted by atomic mass is 35.5. The monoisotopic (exact) mass is 213 g/mol. The van der Waals surface area contributed by atoms with Crippen molar-refractivity contribution in [2.75, 3.05) is 13.7 Å². The van der Waals surface area contributed by atoms with Gasteiger partial charge in [0, 0.05) is 12.3 Å². The van der Waals surface area contributed by atoms with E-state index < -0.39 is 0 Å². The second-order valence-electron chi connectivity index (χ2n) is 2.56. The summed E-state index contributed by atoms with van der Waals surface area (Å²) < 4.78 is 10.4. The summed E-state index contributed by atoms with van der Waals surface area (Å²) in [5, 5.41) is 0.384. The molecular weight excluding hydrogens is 202 g/mol. The van der Waals surface area contributed by atoms with E-state index in [1.165, 1.54) is 0 Å². The zero-order chi connectivity index (χ0) is 10.6. The van der Waals surface area contributed by atoms with Crippen molar-refractivity contribution >= 4 is 17.4 Å². The van der Waals surface area contributed by atoms with Crippen LogP contribution in [0.1, 0.15) is 12.5 Å². The summed E-state index contributed by atoms with van der Waals surface area (Å²) in [4.78, 5) is 3.94. The minimum Gasteiger partial charge on any atom is -0.496 e. The Morgan fingerprint density at radius 2 is 2.36 bits per heavy atom. The molecule has 1 rings (SSSR count). The lowest BCUT2D eigenvalue weighted by Crippen LogP contribution is -1.95. The molecule has 0 N–H and O–H groups in total. The van der Waals surface area contributed by atoms with Gasteiger partial charge in [-0.05, 0) is 6.92 Å². The number of rotatable bonds is 4. The molecule has 0 amide bonds. The van der Waals surface area contributed by atoms with E-state index in [-0.39, 0.29) is 0 Å². The molecule has 0 aliphatic rings. The first-order valence-electron chi connectivity index (χ1n) is 4.20. The number of ether oxygens (including phenoxy) is 2. The molecular formula is C10H12ClNO2. The fourth-order valence-electron chi connectivity index (χ4n) is 1.04. The highest BCUT2D eigenvalue weighted by Crippen LogP contribution is 2.26. The van der Waals surface area contributed by atoms with Gasteiger partial charge in [0.2, 0.25) is 0 Å². The van der Waals surface area contributed by atoms with Crippen LogP contribution < -0.4 is 4.74 Å². The topological polar surface area (TPSA) is 31.4 Å². The van der Waals surface area contributed by atoms with Gasteiger partial charge in [0.25, 0.3) is 0 Å². The standard InChI is InChI=1S/C10H12ClNO2/c1-4-14-7(2)8-6-12-10(11)5-9(8)13-3/h5-6H,2,4H2,1,3H3. The number of halogens is 1. The van der Waals surface area contributed by atoms with E-state index >= 15 is 0 Å². The largest absolute Gasteiger partial charge is 0.496 e. The Kier molecular flexibility index (Phi) is 3.77. The summed E-state index contributed by atoms with van der Waals surface area (Å²) in [6.07, 6.45) is 1.58. The number of hydrogen-bond donors (Lipinski definition) is 0. The minimum atomic E-state index is 0.384. The third-order valence-electron chi connectivity index (χ3n) is 1.67. The molecule has 0 aliphatic heterocycles. The van der Waals surface area contributed by atoms with E-state index in [1.54, 1.807) is 19.4 Å². The van der Waals surface area contributed by atoms with E-state index in [0.29, 0.717) is 23.3 Å². The van der Waals surface area contributed by atoms with Crippen LogP contribution >= 0.6 is 11.6 Å². The number of aromatic nitrogens is 1. The fraction of sp³-hybridized carbons (Fsp3) is 0.300. The van der Waals surface area contributed by atoms with Crippen LogP contribution in [0.15, 0.2) is 18.8 Å². The Labute approximate surface area is 88.3 Å². The maximum atomic E-state index is 5.72. The summed E-state index contributed by atoms with van der Waals surface area (Å²) in [5.41, 5.74) is 0.721.